The molecule has 0 spiro atoms. The summed E-state index contributed by atoms with van der Waals surface area (Å²) in [6.45, 7) is 10.3. The molecule has 1 aromatic rings. The number of aryl methyl sites for hydroxylation is 1. The van der Waals surface area contributed by atoms with Crippen LogP contribution in [-0.2, 0) is 25.5 Å². The molecule has 0 aliphatic carbocycles. The highest BCUT2D eigenvalue weighted by atomic mass is 16.6. The molecule has 2 atom stereocenters. The molecular formula is C21H29NO5. The topological polar surface area (TPSA) is 81.7 Å². The molecule has 0 radical (unpaired) electrons. The fraction of sp³-hybridized carbons (Fsp3) is 0.476. The van der Waals surface area contributed by atoms with Gasteiger partial charge in [0.05, 0.1) is 6.04 Å². The van der Waals surface area contributed by atoms with Crippen LogP contribution in [0.3, 0.4) is 0 Å². The van der Waals surface area contributed by atoms with Crippen LogP contribution in [0.1, 0.15) is 39.7 Å². The molecule has 6 heteroatoms. The number of Topliss-reactive ketones (excluding diaryl/α,β-unsaturated/α-hetero) is 1. The van der Waals surface area contributed by atoms with Crippen molar-refractivity contribution in [1.82, 2.24) is 5.32 Å². The van der Waals surface area contributed by atoms with Crippen molar-refractivity contribution in [3.8, 4) is 0 Å². The molecular weight excluding hydrogens is 346 g/mol. The molecule has 0 heterocycles. The average molecular weight is 375 g/mol. The second kappa shape index (κ2) is 10.5. The SMILES string of the molecule is C=CCOC(=O)C(CCc1ccccc1)C(=O)[C@H](C)NC(=O)OC(C)(C)C. The van der Waals surface area contributed by atoms with Gasteiger partial charge in [0.2, 0.25) is 0 Å². The van der Waals surface area contributed by atoms with E-state index in [1.54, 1.807) is 20.8 Å². The Balaban J connectivity index is 2.79. The number of benzene rings is 1. The quantitative estimate of drug-likeness (QED) is 0.406. The smallest absolute Gasteiger partial charge is 0.408 e. The molecule has 6 nitrogen and oxygen atoms in total. The number of esters is 1. The van der Waals surface area contributed by atoms with Crippen molar-refractivity contribution in [2.75, 3.05) is 6.61 Å². The van der Waals surface area contributed by atoms with Crippen LogP contribution in [0.2, 0.25) is 0 Å². The number of ether oxygens (including phenoxy) is 2. The first-order valence-corrected chi connectivity index (χ1v) is 8.98. The maximum Gasteiger partial charge on any atom is 0.408 e. The Morgan fingerprint density at radius 3 is 2.37 bits per heavy atom. The molecule has 27 heavy (non-hydrogen) atoms. The van der Waals surface area contributed by atoms with Gasteiger partial charge in [0, 0.05) is 0 Å². The third-order valence-electron chi connectivity index (χ3n) is 3.70. The summed E-state index contributed by atoms with van der Waals surface area (Å²) in [6, 6.07) is 8.68. The molecule has 1 aromatic carbocycles. The lowest BCUT2D eigenvalue weighted by Gasteiger charge is -2.23. The number of hydrogen-bond acceptors (Lipinski definition) is 5. The lowest BCUT2D eigenvalue weighted by Crippen LogP contribution is -2.45. The number of carbonyl (C=O) groups is 3. The van der Waals surface area contributed by atoms with Gasteiger partial charge in [-0.2, -0.15) is 0 Å². The second-order valence-electron chi connectivity index (χ2n) is 7.27. The number of nitrogens with one attached hydrogen (secondary N) is 1. The van der Waals surface area contributed by atoms with Crippen molar-refractivity contribution in [2.24, 2.45) is 5.92 Å². The van der Waals surface area contributed by atoms with Crippen molar-refractivity contribution in [3.63, 3.8) is 0 Å². The number of hydrogen-bond donors (Lipinski definition) is 1. The summed E-state index contributed by atoms with van der Waals surface area (Å²) in [5, 5.41) is 2.49. The molecule has 1 amide bonds. The standard InChI is InChI=1S/C21H29NO5/c1-6-14-26-19(24)17(13-12-16-10-8-7-9-11-16)18(23)15(2)22-20(25)27-21(3,4)5/h6-11,15,17H,1,12-14H2,2-5H3,(H,22,25)/t15-,17?/m0/s1. The van der Waals surface area contributed by atoms with Gasteiger partial charge in [0.1, 0.15) is 18.1 Å². The first kappa shape index (κ1) is 22.4. The Labute approximate surface area is 160 Å². The number of alkyl carbamates (subject to hydrolysis) is 1. The minimum atomic E-state index is -0.977. The molecule has 0 fully saturated rings. The van der Waals surface area contributed by atoms with E-state index in [2.05, 4.69) is 11.9 Å². The van der Waals surface area contributed by atoms with Gasteiger partial charge in [-0.3, -0.25) is 9.59 Å². The Morgan fingerprint density at radius 2 is 1.81 bits per heavy atom. The third kappa shape index (κ3) is 8.53. The molecule has 1 rings (SSSR count). The zero-order valence-corrected chi connectivity index (χ0v) is 16.5. The normalized spacial score (nSPS) is 13.2. The van der Waals surface area contributed by atoms with Crippen LogP contribution < -0.4 is 5.32 Å². The summed E-state index contributed by atoms with van der Waals surface area (Å²) in [4.78, 5) is 37.0. The Morgan fingerprint density at radius 1 is 1.19 bits per heavy atom. The van der Waals surface area contributed by atoms with E-state index in [-0.39, 0.29) is 6.61 Å². The van der Waals surface area contributed by atoms with E-state index in [4.69, 9.17) is 9.47 Å². The molecule has 0 bridgehead atoms. The Hall–Kier alpha value is -2.63. The molecule has 0 aliphatic heterocycles. The summed E-state index contributed by atoms with van der Waals surface area (Å²) in [6.07, 6.45) is 1.57. The van der Waals surface area contributed by atoms with Gasteiger partial charge in [0.15, 0.2) is 5.78 Å². The minimum absolute atomic E-state index is 0.0296. The predicted molar refractivity (Wildman–Crippen MR) is 103 cm³/mol. The van der Waals surface area contributed by atoms with Gasteiger partial charge in [-0.15, -0.1) is 0 Å². The van der Waals surface area contributed by atoms with Crippen molar-refractivity contribution in [2.45, 2.75) is 52.2 Å². The highest BCUT2D eigenvalue weighted by Gasteiger charge is 2.32. The van der Waals surface area contributed by atoms with Crippen LogP contribution in [-0.4, -0.2) is 36.1 Å². The Kier molecular flexibility index (Phi) is 8.72. The van der Waals surface area contributed by atoms with Crippen LogP contribution >= 0.6 is 0 Å². The summed E-state index contributed by atoms with van der Waals surface area (Å²) in [5.74, 6) is -2.00. The van der Waals surface area contributed by atoms with Crippen molar-refractivity contribution in [3.05, 3.63) is 48.6 Å². The third-order valence-corrected chi connectivity index (χ3v) is 3.70. The van der Waals surface area contributed by atoms with Crippen LogP contribution in [0.15, 0.2) is 43.0 Å². The fourth-order valence-corrected chi connectivity index (χ4v) is 2.43. The van der Waals surface area contributed by atoms with Gasteiger partial charge in [0.25, 0.3) is 0 Å². The molecule has 0 aromatic heterocycles. The number of carbonyl (C=O) groups excluding carboxylic acids is 3. The summed E-state index contributed by atoms with van der Waals surface area (Å²) in [5.41, 5.74) is 0.335. The van der Waals surface area contributed by atoms with Crippen molar-refractivity contribution < 1.29 is 23.9 Å². The molecule has 148 valence electrons. The van der Waals surface area contributed by atoms with Crippen molar-refractivity contribution >= 4 is 17.8 Å². The van der Waals surface area contributed by atoms with Gasteiger partial charge in [-0.25, -0.2) is 4.79 Å². The lowest BCUT2D eigenvalue weighted by molar-refractivity contribution is -0.151. The zero-order valence-electron chi connectivity index (χ0n) is 16.5. The molecule has 1 unspecified atom stereocenters. The zero-order chi connectivity index (χ0) is 20.4. The van der Waals surface area contributed by atoms with E-state index < -0.39 is 35.4 Å². The Bertz CT molecular complexity index is 648. The van der Waals surface area contributed by atoms with E-state index in [1.807, 2.05) is 30.3 Å². The molecule has 0 aliphatic rings. The fourth-order valence-electron chi connectivity index (χ4n) is 2.43. The highest BCUT2D eigenvalue weighted by Crippen LogP contribution is 2.16. The lowest BCUT2D eigenvalue weighted by atomic mass is 9.92. The van der Waals surface area contributed by atoms with E-state index in [0.717, 1.165) is 5.56 Å². The van der Waals surface area contributed by atoms with Crippen LogP contribution in [0.25, 0.3) is 0 Å². The summed E-state index contributed by atoms with van der Waals surface area (Å²) < 4.78 is 10.2. The highest BCUT2D eigenvalue weighted by molar-refractivity contribution is 6.02. The monoisotopic (exact) mass is 375 g/mol. The minimum Gasteiger partial charge on any atom is -0.461 e. The molecule has 1 N–H and O–H groups in total. The van der Waals surface area contributed by atoms with Crippen LogP contribution in [0.5, 0.6) is 0 Å². The van der Waals surface area contributed by atoms with E-state index >= 15 is 0 Å². The summed E-state index contributed by atoms with van der Waals surface area (Å²) in [7, 11) is 0. The maximum absolute atomic E-state index is 12.8. The maximum atomic E-state index is 12.8. The number of ketones is 1. The van der Waals surface area contributed by atoms with E-state index in [1.165, 1.54) is 13.0 Å². The first-order valence-electron chi connectivity index (χ1n) is 8.98. The first-order chi connectivity index (χ1) is 12.6. The predicted octanol–water partition coefficient (Wildman–Crippen LogP) is 3.45. The number of amides is 1. The summed E-state index contributed by atoms with van der Waals surface area (Å²) >= 11 is 0. The van der Waals surface area contributed by atoms with Gasteiger partial charge in [-0.05, 0) is 46.1 Å². The van der Waals surface area contributed by atoms with Gasteiger partial charge < -0.3 is 14.8 Å². The number of rotatable bonds is 9. The molecule has 0 saturated carbocycles. The van der Waals surface area contributed by atoms with Crippen LogP contribution in [0, 0.1) is 5.92 Å². The van der Waals surface area contributed by atoms with Crippen molar-refractivity contribution in [1.29, 1.82) is 0 Å². The second-order valence-corrected chi connectivity index (χ2v) is 7.27. The largest absolute Gasteiger partial charge is 0.461 e. The average Bonchev–Trinajstić information content (AvgIpc) is 2.59. The van der Waals surface area contributed by atoms with Gasteiger partial charge in [-0.1, -0.05) is 43.0 Å². The van der Waals surface area contributed by atoms with Crippen LogP contribution in [0.4, 0.5) is 4.79 Å². The molecule has 0 saturated heterocycles. The van der Waals surface area contributed by atoms with Gasteiger partial charge >= 0.3 is 12.1 Å². The van der Waals surface area contributed by atoms with E-state index in [9.17, 15) is 14.4 Å². The van der Waals surface area contributed by atoms with E-state index in [0.29, 0.717) is 12.8 Å².